The van der Waals surface area contributed by atoms with E-state index in [4.69, 9.17) is 13.6 Å². The van der Waals surface area contributed by atoms with Crippen LogP contribution in [0.5, 0.6) is 0 Å². The van der Waals surface area contributed by atoms with Crippen molar-refractivity contribution in [3.05, 3.63) is 0 Å². The number of hydrogen-bond donors (Lipinski definition) is 1. The van der Waals surface area contributed by atoms with Crippen molar-refractivity contribution in [1.29, 1.82) is 0 Å². The average Bonchev–Trinajstić information content (AvgIpc) is 2.83. The van der Waals surface area contributed by atoms with Gasteiger partial charge in [-0.25, -0.2) is 4.57 Å². The van der Waals surface area contributed by atoms with Crippen molar-refractivity contribution in [3.63, 3.8) is 0 Å². The van der Waals surface area contributed by atoms with Crippen molar-refractivity contribution in [2.24, 2.45) is 0 Å². The fraction of sp³-hybridized carbons (Fsp3) is 1.00. The molecule has 0 radical (unpaired) electrons. The second-order valence-electron chi connectivity index (χ2n) is 9.71. The lowest BCUT2D eigenvalue weighted by Gasteiger charge is -2.18. The molecule has 0 aromatic carbocycles. The lowest BCUT2D eigenvalue weighted by molar-refractivity contribution is 0.111. The topological polar surface area (TPSA) is 56.8 Å². The summed E-state index contributed by atoms with van der Waals surface area (Å²) in [5, 5.41) is 3.38. The van der Waals surface area contributed by atoms with Crippen LogP contribution in [-0.2, 0) is 18.1 Å². The molecule has 0 fully saturated rings. The highest BCUT2D eigenvalue weighted by Crippen LogP contribution is 2.49. The van der Waals surface area contributed by atoms with Gasteiger partial charge in [-0.05, 0) is 25.8 Å². The summed E-state index contributed by atoms with van der Waals surface area (Å²) in [4.78, 5) is 0. The van der Waals surface area contributed by atoms with Gasteiger partial charge in [-0.1, -0.05) is 130 Å². The van der Waals surface area contributed by atoms with E-state index in [1.165, 1.54) is 103 Å². The Balaban J connectivity index is 3.43. The van der Waals surface area contributed by atoms with E-state index in [2.05, 4.69) is 26.1 Å². The SMILES string of the molecule is CCCCCCCCCCCCCCCCCCNCCOP(=O)(OCCCC)OCCCC. The van der Waals surface area contributed by atoms with Gasteiger partial charge in [0.15, 0.2) is 0 Å². The first-order valence-electron chi connectivity index (χ1n) is 14.9. The van der Waals surface area contributed by atoms with Gasteiger partial charge < -0.3 is 5.32 Å². The van der Waals surface area contributed by atoms with Crippen LogP contribution >= 0.6 is 7.82 Å². The van der Waals surface area contributed by atoms with Crippen molar-refractivity contribution >= 4 is 7.82 Å². The van der Waals surface area contributed by atoms with Crippen LogP contribution in [0.4, 0.5) is 0 Å². The number of rotatable bonds is 29. The lowest BCUT2D eigenvalue weighted by atomic mass is 10.0. The summed E-state index contributed by atoms with van der Waals surface area (Å²) in [5.41, 5.74) is 0. The second kappa shape index (κ2) is 27.7. The standard InChI is InChI=1S/C28H60NO4P/c1-4-7-10-11-12-13-14-15-16-17-18-19-20-21-22-23-24-29-25-28-33-34(30,31-26-8-5-2)32-27-9-6-3/h29H,4-28H2,1-3H3. The molecule has 0 aliphatic carbocycles. The van der Waals surface area contributed by atoms with Gasteiger partial charge in [0.05, 0.1) is 19.8 Å². The first kappa shape index (κ1) is 34.1. The van der Waals surface area contributed by atoms with Gasteiger partial charge in [0.2, 0.25) is 0 Å². The molecule has 0 aromatic rings. The molecule has 0 amide bonds. The Morgan fingerprint density at radius 2 is 0.794 bits per heavy atom. The maximum absolute atomic E-state index is 12.7. The molecule has 0 saturated carbocycles. The van der Waals surface area contributed by atoms with Gasteiger partial charge in [0.1, 0.15) is 0 Å². The van der Waals surface area contributed by atoms with Crippen LogP contribution in [0.1, 0.15) is 149 Å². The van der Waals surface area contributed by atoms with Crippen molar-refractivity contribution in [2.45, 2.75) is 149 Å². The maximum atomic E-state index is 12.7. The van der Waals surface area contributed by atoms with E-state index >= 15 is 0 Å². The molecule has 0 bridgehead atoms. The predicted octanol–water partition coefficient (Wildman–Crippen LogP) is 9.60. The fourth-order valence-electron chi connectivity index (χ4n) is 3.91. The number of phosphoric acid groups is 1. The average molecular weight is 506 g/mol. The summed E-state index contributed by atoms with van der Waals surface area (Å²) in [6, 6.07) is 0. The van der Waals surface area contributed by atoms with Crippen molar-refractivity contribution in [2.75, 3.05) is 32.9 Å². The molecule has 1 N–H and O–H groups in total. The van der Waals surface area contributed by atoms with Crippen LogP contribution in [0.15, 0.2) is 0 Å². The van der Waals surface area contributed by atoms with Gasteiger partial charge >= 0.3 is 7.82 Å². The zero-order chi connectivity index (χ0) is 25.0. The molecule has 0 unspecified atom stereocenters. The summed E-state index contributed by atoms with van der Waals surface area (Å²) in [6.45, 7) is 9.31. The first-order valence-corrected chi connectivity index (χ1v) is 16.4. The Morgan fingerprint density at radius 3 is 1.21 bits per heavy atom. The quantitative estimate of drug-likeness (QED) is 0.0810. The highest BCUT2D eigenvalue weighted by atomic mass is 31.2. The minimum absolute atomic E-state index is 0.356. The summed E-state index contributed by atoms with van der Waals surface area (Å²) in [7, 11) is -3.41. The molecule has 0 atom stereocenters. The molecule has 6 heteroatoms. The third kappa shape index (κ3) is 25.2. The van der Waals surface area contributed by atoms with Crippen LogP contribution in [0.25, 0.3) is 0 Å². The van der Waals surface area contributed by atoms with E-state index in [1.807, 2.05) is 0 Å². The third-order valence-electron chi connectivity index (χ3n) is 6.23. The van der Waals surface area contributed by atoms with E-state index in [0.717, 1.165) is 32.2 Å². The fourth-order valence-corrected chi connectivity index (χ4v) is 5.15. The molecular weight excluding hydrogens is 445 g/mol. The molecular formula is C28H60NO4P. The van der Waals surface area contributed by atoms with Crippen LogP contribution in [0.2, 0.25) is 0 Å². The molecule has 206 valence electrons. The number of hydrogen-bond acceptors (Lipinski definition) is 5. The first-order chi connectivity index (χ1) is 16.7. The Bertz CT molecular complexity index is 423. The molecule has 0 heterocycles. The van der Waals surface area contributed by atoms with Gasteiger partial charge in [-0.15, -0.1) is 0 Å². The molecule has 34 heavy (non-hydrogen) atoms. The molecule has 0 aliphatic rings. The van der Waals surface area contributed by atoms with E-state index in [9.17, 15) is 4.57 Å². The number of nitrogens with one attached hydrogen (secondary N) is 1. The Hall–Kier alpha value is 0.0700. The number of phosphoric ester groups is 1. The number of unbranched alkanes of at least 4 members (excludes halogenated alkanes) is 17. The van der Waals surface area contributed by atoms with E-state index in [-0.39, 0.29) is 0 Å². The molecule has 5 nitrogen and oxygen atoms in total. The van der Waals surface area contributed by atoms with E-state index in [0.29, 0.717) is 26.4 Å². The molecule has 0 rings (SSSR count). The van der Waals surface area contributed by atoms with Crippen LogP contribution < -0.4 is 5.32 Å². The Kier molecular flexibility index (Phi) is 27.7. The largest absolute Gasteiger partial charge is 0.474 e. The summed E-state index contributed by atoms with van der Waals surface area (Å²) < 4.78 is 29.0. The second-order valence-corrected chi connectivity index (χ2v) is 11.4. The van der Waals surface area contributed by atoms with Crippen molar-refractivity contribution in [3.8, 4) is 0 Å². The third-order valence-corrected chi connectivity index (χ3v) is 7.73. The normalized spacial score (nSPS) is 12.0. The Labute approximate surface area is 213 Å². The summed E-state index contributed by atoms with van der Waals surface area (Å²) in [6.07, 6.45) is 26.0. The van der Waals surface area contributed by atoms with Gasteiger partial charge in [0, 0.05) is 6.54 Å². The minimum Gasteiger partial charge on any atom is -0.314 e. The van der Waals surface area contributed by atoms with Gasteiger partial charge in [0.25, 0.3) is 0 Å². The molecule has 0 aromatic heterocycles. The zero-order valence-corrected chi connectivity index (χ0v) is 24.2. The van der Waals surface area contributed by atoms with Gasteiger partial charge in [-0.3, -0.25) is 13.6 Å². The predicted molar refractivity (Wildman–Crippen MR) is 148 cm³/mol. The van der Waals surface area contributed by atoms with Crippen LogP contribution in [0.3, 0.4) is 0 Å². The van der Waals surface area contributed by atoms with E-state index in [1.54, 1.807) is 0 Å². The highest BCUT2D eigenvalue weighted by molar-refractivity contribution is 7.48. The lowest BCUT2D eigenvalue weighted by Crippen LogP contribution is -2.21. The maximum Gasteiger partial charge on any atom is 0.474 e. The van der Waals surface area contributed by atoms with Crippen LogP contribution in [0, 0.1) is 0 Å². The van der Waals surface area contributed by atoms with Crippen molar-refractivity contribution in [1.82, 2.24) is 5.32 Å². The smallest absolute Gasteiger partial charge is 0.314 e. The van der Waals surface area contributed by atoms with Crippen LogP contribution in [-0.4, -0.2) is 32.9 Å². The highest BCUT2D eigenvalue weighted by Gasteiger charge is 2.25. The van der Waals surface area contributed by atoms with E-state index < -0.39 is 7.82 Å². The molecule has 0 aliphatic heterocycles. The van der Waals surface area contributed by atoms with Crippen molar-refractivity contribution < 1.29 is 18.1 Å². The van der Waals surface area contributed by atoms with Gasteiger partial charge in [-0.2, -0.15) is 0 Å². The zero-order valence-electron chi connectivity index (χ0n) is 23.3. The summed E-state index contributed by atoms with van der Waals surface area (Å²) in [5.74, 6) is 0. The summed E-state index contributed by atoms with van der Waals surface area (Å²) >= 11 is 0. The minimum atomic E-state index is -3.41. The Morgan fingerprint density at radius 1 is 0.441 bits per heavy atom. The monoisotopic (exact) mass is 505 g/mol. The molecule has 0 spiro atoms. The molecule has 0 saturated heterocycles.